The Morgan fingerprint density at radius 1 is 1.09 bits per heavy atom. The molecular formula is C27H34N2O6. The third-order valence-corrected chi connectivity index (χ3v) is 5.72. The molecule has 0 spiro atoms. The van der Waals surface area contributed by atoms with E-state index in [0.29, 0.717) is 43.1 Å². The van der Waals surface area contributed by atoms with Crippen molar-refractivity contribution in [3.63, 3.8) is 0 Å². The molecule has 188 valence electrons. The molecule has 1 unspecified atom stereocenters. The van der Waals surface area contributed by atoms with Crippen molar-refractivity contribution in [1.29, 1.82) is 0 Å². The maximum atomic E-state index is 13.2. The normalized spacial score (nSPS) is 17.3. The van der Waals surface area contributed by atoms with E-state index in [1.165, 1.54) is 11.0 Å². The minimum atomic E-state index is -0.822. The maximum absolute atomic E-state index is 13.2. The highest BCUT2D eigenvalue weighted by molar-refractivity contribution is 6.46. The smallest absolute Gasteiger partial charge is 0.295 e. The molecule has 35 heavy (non-hydrogen) atoms. The van der Waals surface area contributed by atoms with E-state index in [1.54, 1.807) is 43.3 Å². The SMILES string of the molecule is CCCOc1cccc(/C(O)=C2\C(=O)C(=O)N(CCCN(C)C)C2c2ccc(O)c(OCC)c2)c1. The van der Waals surface area contributed by atoms with Gasteiger partial charge in [-0.3, -0.25) is 9.59 Å². The van der Waals surface area contributed by atoms with Crippen LogP contribution in [0.15, 0.2) is 48.0 Å². The van der Waals surface area contributed by atoms with Crippen molar-refractivity contribution in [1.82, 2.24) is 9.80 Å². The first-order chi connectivity index (χ1) is 16.8. The molecule has 8 heteroatoms. The second kappa shape index (κ2) is 11.8. The van der Waals surface area contributed by atoms with Gasteiger partial charge in [-0.05, 0) is 70.2 Å². The number of benzene rings is 2. The van der Waals surface area contributed by atoms with E-state index >= 15 is 0 Å². The lowest BCUT2D eigenvalue weighted by atomic mass is 9.95. The Balaban J connectivity index is 2.11. The van der Waals surface area contributed by atoms with Gasteiger partial charge < -0.3 is 29.5 Å². The zero-order chi connectivity index (χ0) is 25.5. The first-order valence-corrected chi connectivity index (χ1v) is 11.9. The number of Topliss-reactive ketones (excluding diaryl/α,β-unsaturated/α-hetero) is 1. The number of aliphatic hydroxyl groups excluding tert-OH is 1. The Labute approximate surface area is 206 Å². The van der Waals surface area contributed by atoms with E-state index in [4.69, 9.17) is 9.47 Å². The van der Waals surface area contributed by atoms with Crippen LogP contribution in [0.4, 0.5) is 0 Å². The summed E-state index contributed by atoms with van der Waals surface area (Å²) in [6.07, 6.45) is 1.48. The van der Waals surface area contributed by atoms with Gasteiger partial charge in [-0.25, -0.2) is 0 Å². The minimum Gasteiger partial charge on any atom is -0.507 e. The Morgan fingerprint density at radius 3 is 2.54 bits per heavy atom. The lowest BCUT2D eigenvalue weighted by molar-refractivity contribution is -0.139. The quantitative estimate of drug-likeness (QED) is 0.284. The zero-order valence-electron chi connectivity index (χ0n) is 20.8. The van der Waals surface area contributed by atoms with Crippen LogP contribution in [-0.2, 0) is 9.59 Å². The number of aromatic hydroxyl groups is 1. The number of amides is 1. The molecule has 0 saturated carbocycles. The van der Waals surface area contributed by atoms with Crippen LogP contribution in [0.1, 0.15) is 43.9 Å². The van der Waals surface area contributed by atoms with Crippen molar-refractivity contribution in [2.45, 2.75) is 32.7 Å². The molecule has 2 aromatic rings. The molecule has 1 aliphatic rings. The predicted molar refractivity (Wildman–Crippen MR) is 134 cm³/mol. The second-order valence-electron chi connectivity index (χ2n) is 8.69. The molecule has 3 rings (SSSR count). The molecule has 0 aromatic heterocycles. The number of phenolic OH excluding ortho intramolecular Hbond substituents is 1. The summed E-state index contributed by atoms with van der Waals surface area (Å²) >= 11 is 0. The highest BCUT2D eigenvalue weighted by Gasteiger charge is 2.46. The van der Waals surface area contributed by atoms with Gasteiger partial charge in [-0.15, -0.1) is 0 Å². The molecule has 0 aliphatic carbocycles. The van der Waals surface area contributed by atoms with Gasteiger partial charge in [-0.2, -0.15) is 0 Å². The number of carbonyl (C=O) groups is 2. The van der Waals surface area contributed by atoms with Crippen molar-refractivity contribution < 1.29 is 29.3 Å². The van der Waals surface area contributed by atoms with Crippen molar-refractivity contribution >= 4 is 17.4 Å². The molecule has 1 saturated heterocycles. The summed E-state index contributed by atoms with van der Waals surface area (Å²) in [5.41, 5.74) is 0.953. The summed E-state index contributed by atoms with van der Waals surface area (Å²) in [6.45, 7) is 5.71. The van der Waals surface area contributed by atoms with E-state index in [1.807, 2.05) is 25.9 Å². The summed E-state index contributed by atoms with van der Waals surface area (Å²) in [7, 11) is 3.88. The van der Waals surface area contributed by atoms with Gasteiger partial charge in [0.25, 0.3) is 11.7 Å². The lowest BCUT2D eigenvalue weighted by Gasteiger charge is -2.26. The van der Waals surface area contributed by atoms with Crippen LogP contribution in [0.25, 0.3) is 5.76 Å². The van der Waals surface area contributed by atoms with Crippen LogP contribution in [0, 0.1) is 0 Å². The highest BCUT2D eigenvalue weighted by atomic mass is 16.5. The van der Waals surface area contributed by atoms with Crippen LogP contribution in [0.2, 0.25) is 0 Å². The third-order valence-electron chi connectivity index (χ3n) is 5.72. The van der Waals surface area contributed by atoms with Crippen molar-refractivity contribution in [3.8, 4) is 17.2 Å². The fraction of sp³-hybridized carbons (Fsp3) is 0.407. The van der Waals surface area contributed by atoms with Crippen LogP contribution in [-0.4, -0.2) is 72.1 Å². The van der Waals surface area contributed by atoms with Gasteiger partial charge in [0.2, 0.25) is 0 Å². The molecule has 8 nitrogen and oxygen atoms in total. The summed E-state index contributed by atoms with van der Waals surface area (Å²) in [4.78, 5) is 29.8. The number of likely N-dealkylation sites (tertiary alicyclic amines) is 1. The monoisotopic (exact) mass is 482 g/mol. The van der Waals surface area contributed by atoms with Gasteiger partial charge in [0.1, 0.15) is 11.5 Å². The lowest BCUT2D eigenvalue weighted by Crippen LogP contribution is -2.32. The average Bonchev–Trinajstić information content (AvgIpc) is 3.09. The van der Waals surface area contributed by atoms with Gasteiger partial charge in [0.05, 0.1) is 24.8 Å². The fourth-order valence-corrected chi connectivity index (χ4v) is 4.09. The third kappa shape index (κ3) is 5.95. The van der Waals surface area contributed by atoms with Crippen molar-refractivity contribution in [2.24, 2.45) is 0 Å². The summed E-state index contributed by atoms with van der Waals surface area (Å²) in [5, 5.41) is 21.5. The Bertz CT molecular complexity index is 1090. The molecule has 0 bridgehead atoms. The molecule has 1 aliphatic heterocycles. The molecule has 1 atom stereocenters. The molecule has 1 amide bonds. The molecule has 2 N–H and O–H groups in total. The second-order valence-corrected chi connectivity index (χ2v) is 8.69. The Morgan fingerprint density at radius 2 is 1.86 bits per heavy atom. The number of carbonyl (C=O) groups excluding carboxylic acids is 2. The molecular weight excluding hydrogens is 448 g/mol. The van der Waals surface area contributed by atoms with E-state index < -0.39 is 17.7 Å². The molecule has 2 aromatic carbocycles. The topological polar surface area (TPSA) is 99.5 Å². The summed E-state index contributed by atoms with van der Waals surface area (Å²) in [6, 6.07) is 10.7. The number of nitrogens with zero attached hydrogens (tertiary/aromatic N) is 2. The number of rotatable bonds is 11. The van der Waals surface area contributed by atoms with E-state index in [-0.39, 0.29) is 22.8 Å². The van der Waals surface area contributed by atoms with Crippen LogP contribution < -0.4 is 9.47 Å². The molecule has 1 fully saturated rings. The van der Waals surface area contributed by atoms with Crippen LogP contribution >= 0.6 is 0 Å². The van der Waals surface area contributed by atoms with Gasteiger partial charge in [0, 0.05) is 12.1 Å². The highest BCUT2D eigenvalue weighted by Crippen LogP contribution is 2.42. The zero-order valence-corrected chi connectivity index (χ0v) is 20.8. The number of aliphatic hydroxyl groups is 1. The predicted octanol–water partition coefficient (Wildman–Crippen LogP) is 3.95. The Kier molecular flexibility index (Phi) is 8.76. The molecule has 0 radical (unpaired) electrons. The van der Waals surface area contributed by atoms with Crippen molar-refractivity contribution in [3.05, 3.63) is 59.2 Å². The summed E-state index contributed by atoms with van der Waals surface area (Å²) in [5.74, 6) is -0.907. The minimum absolute atomic E-state index is 0.000586. The van der Waals surface area contributed by atoms with Gasteiger partial charge >= 0.3 is 0 Å². The number of phenols is 1. The Hall–Kier alpha value is -3.52. The van der Waals surface area contributed by atoms with Gasteiger partial charge in [-0.1, -0.05) is 25.1 Å². The van der Waals surface area contributed by atoms with Crippen LogP contribution in [0.5, 0.6) is 17.2 Å². The first kappa shape index (κ1) is 26.1. The number of hydrogen-bond donors (Lipinski definition) is 2. The van der Waals surface area contributed by atoms with E-state index in [0.717, 1.165) is 13.0 Å². The van der Waals surface area contributed by atoms with E-state index in [2.05, 4.69) is 0 Å². The van der Waals surface area contributed by atoms with Gasteiger partial charge in [0.15, 0.2) is 11.5 Å². The maximum Gasteiger partial charge on any atom is 0.295 e. The number of ketones is 1. The van der Waals surface area contributed by atoms with E-state index in [9.17, 15) is 19.8 Å². The largest absolute Gasteiger partial charge is 0.507 e. The summed E-state index contributed by atoms with van der Waals surface area (Å²) < 4.78 is 11.2. The van der Waals surface area contributed by atoms with Crippen LogP contribution in [0.3, 0.4) is 0 Å². The number of hydrogen-bond acceptors (Lipinski definition) is 7. The van der Waals surface area contributed by atoms with Crippen molar-refractivity contribution in [2.75, 3.05) is 40.4 Å². The number of ether oxygens (including phenoxy) is 2. The fourth-order valence-electron chi connectivity index (χ4n) is 4.09. The first-order valence-electron chi connectivity index (χ1n) is 11.9. The molecule has 1 heterocycles. The standard InChI is InChI=1S/C27H34N2O6/c1-5-15-35-20-10-7-9-19(16-20)25(31)23-24(18-11-12-21(30)22(17-18)34-6-2)29(27(33)26(23)32)14-8-13-28(3)4/h7,9-12,16-17,24,30-31H,5-6,8,13-15H2,1-4H3/b25-23+. The average molecular weight is 483 g/mol.